The zero-order chi connectivity index (χ0) is 13.2. The summed E-state index contributed by atoms with van der Waals surface area (Å²) in [5.74, 6) is 1.56. The van der Waals surface area contributed by atoms with Gasteiger partial charge >= 0.3 is 0 Å². The Kier molecular flexibility index (Phi) is 3.17. The molecule has 1 aliphatic heterocycles. The average molecular weight is 259 g/mol. The lowest BCUT2D eigenvalue weighted by atomic mass is 10.0. The molecule has 0 amide bonds. The molecule has 4 heteroatoms. The molecular weight excluding hydrogens is 240 g/mol. The maximum Gasteiger partial charge on any atom is 0.161 e. The molecule has 0 bridgehead atoms. The van der Waals surface area contributed by atoms with E-state index in [1.165, 1.54) is 11.3 Å². The highest BCUT2D eigenvalue weighted by Gasteiger charge is 2.25. The summed E-state index contributed by atoms with van der Waals surface area (Å²) in [6.07, 6.45) is 2.15. The monoisotopic (exact) mass is 259 g/mol. The van der Waals surface area contributed by atoms with E-state index >= 15 is 0 Å². The third-order valence-electron chi connectivity index (χ3n) is 3.72. The molecule has 2 heterocycles. The molecule has 0 unspecified atom stereocenters. The van der Waals surface area contributed by atoms with Gasteiger partial charge in [0.05, 0.1) is 33.0 Å². The smallest absolute Gasteiger partial charge is 0.161 e. The topological polar surface area (TPSA) is 40.0 Å². The molecule has 0 saturated carbocycles. The van der Waals surface area contributed by atoms with Gasteiger partial charge in [0, 0.05) is 11.8 Å². The Morgan fingerprint density at radius 2 is 2.00 bits per heavy atom. The number of aromatic nitrogens is 1. The van der Waals surface area contributed by atoms with Gasteiger partial charge in [-0.2, -0.15) is 0 Å². The highest BCUT2D eigenvalue weighted by Crippen LogP contribution is 2.31. The first kappa shape index (κ1) is 12.1. The first-order chi connectivity index (χ1) is 9.33. The van der Waals surface area contributed by atoms with Crippen LogP contribution in [0.2, 0.25) is 0 Å². The second-order valence-corrected chi connectivity index (χ2v) is 4.74. The second-order valence-electron chi connectivity index (χ2n) is 4.74. The molecule has 19 heavy (non-hydrogen) atoms. The highest BCUT2D eigenvalue weighted by molar-refractivity contribution is 5.44. The Morgan fingerprint density at radius 1 is 1.16 bits per heavy atom. The number of nitrogens with two attached hydrogens (primary N) is 1. The van der Waals surface area contributed by atoms with Gasteiger partial charge in [0.2, 0.25) is 0 Å². The molecule has 0 fully saturated rings. The summed E-state index contributed by atoms with van der Waals surface area (Å²) in [4.78, 5) is 0. The van der Waals surface area contributed by atoms with E-state index in [1.54, 1.807) is 14.2 Å². The van der Waals surface area contributed by atoms with E-state index in [0.717, 1.165) is 24.6 Å². The quantitative estimate of drug-likeness (QED) is 0.899. The lowest BCUT2D eigenvalue weighted by Crippen LogP contribution is -2.88. The number of methoxy groups -OCH3 is 2. The summed E-state index contributed by atoms with van der Waals surface area (Å²) in [7, 11) is 3.34. The number of benzene rings is 1. The fourth-order valence-electron chi connectivity index (χ4n) is 2.77. The number of nitrogens with zero attached hydrogens (tertiary/aromatic N) is 1. The normalized spacial score (nSPS) is 17.9. The molecule has 0 aliphatic carbocycles. The Balaban J connectivity index is 2.00. The van der Waals surface area contributed by atoms with Crippen molar-refractivity contribution in [1.82, 2.24) is 4.57 Å². The van der Waals surface area contributed by atoms with Crippen molar-refractivity contribution in [2.75, 3.05) is 20.8 Å². The molecule has 1 aliphatic rings. The summed E-state index contributed by atoms with van der Waals surface area (Å²) in [5, 5.41) is 2.37. The van der Waals surface area contributed by atoms with E-state index in [4.69, 9.17) is 9.47 Å². The van der Waals surface area contributed by atoms with Crippen LogP contribution in [0.5, 0.6) is 11.5 Å². The molecule has 1 atom stereocenters. The molecule has 2 aromatic rings. The molecule has 3 rings (SSSR count). The Hall–Kier alpha value is -1.94. The van der Waals surface area contributed by atoms with Crippen LogP contribution in [0.1, 0.15) is 17.3 Å². The molecular formula is C15H19N2O2+. The number of rotatable bonds is 3. The predicted octanol–water partition coefficient (Wildman–Crippen LogP) is 1.17. The molecule has 1 aromatic heterocycles. The van der Waals surface area contributed by atoms with E-state index < -0.39 is 0 Å². The van der Waals surface area contributed by atoms with Crippen molar-refractivity contribution in [3.05, 3.63) is 47.8 Å². The van der Waals surface area contributed by atoms with Crippen LogP contribution in [0, 0.1) is 0 Å². The van der Waals surface area contributed by atoms with E-state index in [1.807, 2.05) is 6.07 Å². The third-order valence-corrected chi connectivity index (χ3v) is 3.72. The number of hydrogen-bond donors (Lipinski definition) is 1. The summed E-state index contributed by atoms with van der Waals surface area (Å²) < 4.78 is 13.0. The molecule has 0 spiro atoms. The van der Waals surface area contributed by atoms with Gasteiger partial charge in [-0.1, -0.05) is 0 Å². The van der Waals surface area contributed by atoms with Crippen LogP contribution < -0.4 is 14.8 Å². The van der Waals surface area contributed by atoms with Gasteiger partial charge in [-0.25, -0.2) is 0 Å². The first-order valence-electron chi connectivity index (χ1n) is 6.54. The van der Waals surface area contributed by atoms with Crippen LogP contribution >= 0.6 is 0 Å². The Labute approximate surface area is 113 Å². The van der Waals surface area contributed by atoms with E-state index in [-0.39, 0.29) is 0 Å². The van der Waals surface area contributed by atoms with Crippen molar-refractivity contribution in [2.24, 2.45) is 0 Å². The maximum atomic E-state index is 5.39. The largest absolute Gasteiger partial charge is 0.493 e. The zero-order valence-electron chi connectivity index (χ0n) is 11.3. The van der Waals surface area contributed by atoms with Gasteiger partial charge in [0.25, 0.3) is 0 Å². The Morgan fingerprint density at radius 3 is 2.79 bits per heavy atom. The Bertz CT molecular complexity index is 577. The zero-order valence-corrected chi connectivity index (χ0v) is 11.3. The lowest BCUT2D eigenvalue weighted by molar-refractivity contribution is -0.693. The van der Waals surface area contributed by atoms with Gasteiger partial charge < -0.3 is 19.4 Å². The van der Waals surface area contributed by atoms with Crippen molar-refractivity contribution >= 4 is 0 Å². The van der Waals surface area contributed by atoms with Crippen LogP contribution in [-0.4, -0.2) is 25.3 Å². The van der Waals surface area contributed by atoms with Crippen LogP contribution in [-0.2, 0) is 6.54 Å². The van der Waals surface area contributed by atoms with Crippen LogP contribution in [0.25, 0.3) is 0 Å². The SMILES string of the molecule is COc1ccc([C@H]2[NH2+]CCn3cccc32)cc1OC. The highest BCUT2D eigenvalue weighted by atomic mass is 16.5. The molecule has 1 aromatic carbocycles. The number of hydrogen-bond acceptors (Lipinski definition) is 2. The second kappa shape index (κ2) is 4.97. The fourth-order valence-corrected chi connectivity index (χ4v) is 2.77. The van der Waals surface area contributed by atoms with Crippen molar-refractivity contribution in [3.8, 4) is 11.5 Å². The third kappa shape index (κ3) is 2.08. The maximum absolute atomic E-state index is 5.39. The van der Waals surface area contributed by atoms with Gasteiger partial charge in [-0.15, -0.1) is 0 Å². The minimum absolute atomic E-state index is 0.337. The van der Waals surface area contributed by atoms with Gasteiger partial charge in [0.1, 0.15) is 0 Å². The summed E-state index contributed by atoms with van der Waals surface area (Å²) >= 11 is 0. The number of ether oxygens (including phenoxy) is 2. The minimum Gasteiger partial charge on any atom is -0.493 e. The van der Waals surface area contributed by atoms with Gasteiger partial charge in [0.15, 0.2) is 17.5 Å². The van der Waals surface area contributed by atoms with Crippen LogP contribution in [0.15, 0.2) is 36.5 Å². The van der Waals surface area contributed by atoms with Crippen molar-refractivity contribution in [1.29, 1.82) is 0 Å². The minimum atomic E-state index is 0.337. The molecule has 2 N–H and O–H groups in total. The summed E-state index contributed by atoms with van der Waals surface area (Å²) in [6.45, 7) is 2.17. The van der Waals surface area contributed by atoms with Crippen molar-refractivity contribution in [3.63, 3.8) is 0 Å². The molecule has 0 saturated heterocycles. The van der Waals surface area contributed by atoms with Crippen molar-refractivity contribution in [2.45, 2.75) is 12.6 Å². The predicted molar refractivity (Wildman–Crippen MR) is 72.6 cm³/mol. The van der Waals surface area contributed by atoms with E-state index in [2.05, 4.69) is 40.3 Å². The van der Waals surface area contributed by atoms with Crippen LogP contribution in [0.3, 0.4) is 0 Å². The standard InChI is InChI=1S/C15H18N2O2/c1-18-13-6-5-11(10-14(13)19-2)15-12-4-3-8-17(12)9-7-16-15/h3-6,8,10,15-16H,7,9H2,1-2H3/p+1/t15-/m1/s1. The van der Waals surface area contributed by atoms with Gasteiger partial charge in [-0.05, 0) is 30.3 Å². The van der Waals surface area contributed by atoms with E-state index in [9.17, 15) is 0 Å². The molecule has 100 valence electrons. The van der Waals surface area contributed by atoms with Crippen molar-refractivity contribution < 1.29 is 14.8 Å². The van der Waals surface area contributed by atoms with E-state index in [0.29, 0.717) is 6.04 Å². The van der Waals surface area contributed by atoms with Gasteiger partial charge in [-0.3, -0.25) is 0 Å². The summed E-state index contributed by atoms with van der Waals surface area (Å²) in [5.41, 5.74) is 2.59. The lowest BCUT2D eigenvalue weighted by Gasteiger charge is -2.24. The van der Waals surface area contributed by atoms with Crippen LogP contribution in [0.4, 0.5) is 0 Å². The first-order valence-corrected chi connectivity index (χ1v) is 6.54. The number of quaternary nitrogens is 1. The average Bonchev–Trinajstić information content (AvgIpc) is 2.94. The molecule has 4 nitrogen and oxygen atoms in total. The number of fused-ring (bicyclic) bond motifs is 1. The summed E-state index contributed by atoms with van der Waals surface area (Å²) in [6, 6.07) is 10.8. The fraction of sp³-hybridized carbons (Fsp3) is 0.333. The molecule has 0 radical (unpaired) electrons.